The van der Waals surface area contributed by atoms with Crippen LogP contribution < -0.4 is 9.47 Å². The first-order valence-corrected chi connectivity index (χ1v) is 8.20. The van der Waals surface area contributed by atoms with E-state index in [1.165, 1.54) is 13.3 Å². The molecule has 2 aromatic rings. The molecule has 136 valence electrons. The number of hydrogen-bond acceptors (Lipinski definition) is 5. The fraction of sp³-hybridized carbons (Fsp3) is 0.316. The fourth-order valence-corrected chi connectivity index (χ4v) is 3.34. The molecule has 1 aliphatic heterocycles. The summed E-state index contributed by atoms with van der Waals surface area (Å²) < 4.78 is 10.4. The van der Waals surface area contributed by atoms with Gasteiger partial charge in [0.05, 0.1) is 20.1 Å². The van der Waals surface area contributed by atoms with Gasteiger partial charge < -0.3 is 19.5 Å². The second-order valence-electron chi connectivity index (χ2n) is 6.09. The minimum absolute atomic E-state index is 0.140. The topological polar surface area (TPSA) is 89.0 Å². The third kappa shape index (κ3) is 3.33. The first kappa shape index (κ1) is 17.7. The number of pyridine rings is 1. The molecule has 1 fully saturated rings. The zero-order valence-electron chi connectivity index (χ0n) is 14.6. The van der Waals surface area contributed by atoms with Crippen molar-refractivity contribution < 1.29 is 24.2 Å². The summed E-state index contributed by atoms with van der Waals surface area (Å²) in [6, 6.07) is 10.5. The van der Waals surface area contributed by atoms with Crippen molar-refractivity contribution in [1.29, 1.82) is 0 Å². The molecule has 7 heteroatoms. The smallest absolute Gasteiger partial charge is 0.308 e. The largest absolute Gasteiger partial charge is 0.496 e. The molecule has 0 radical (unpaired) electrons. The number of para-hydroxylation sites is 1. The Balaban J connectivity index is 1.89. The Hall–Kier alpha value is -3.09. The molecule has 7 nitrogen and oxygen atoms in total. The van der Waals surface area contributed by atoms with Gasteiger partial charge in [-0.25, -0.2) is 4.98 Å². The van der Waals surface area contributed by atoms with Crippen molar-refractivity contribution in [2.75, 3.05) is 27.3 Å². The van der Waals surface area contributed by atoms with Crippen molar-refractivity contribution in [3.8, 4) is 11.6 Å². The van der Waals surface area contributed by atoms with Crippen LogP contribution in [0.25, 0.3) is 0 Å². The highest BCUT2D eigenvalue weighted by molar-refractivity contribution is 5.95. The molecule has 1 saturated heterocycles. The van der Waals surface area contributed by atoms with Crippen LogP contribution in [0.2, 0.25) is 0 Å². The number of hydrogen-bond donors (Lipinski definition) is 1. The van der Waals surface area contributed by atoms with Gasteiger partial charge in [-0.2, -0.15) is 0 Å². The second-order valence-corrected chi connectivity index (χ2v) is 6.09. The summed E-state index contributed by atoms with van der Waals surface area (Å²) in [6.45, 7) is 0.447. The molecule has 1 N–H and O–H groups in total. The average molecular weight is 356 g/mol. The summed E-state index contributed by atoms with van der Waals surface area (Å²) in [4.78, 5) is 30.2. The molecule has 0 bridgehead atoms. The Morgan fingerprint density at radius 1 is 1.15 bits per heavy atom. The van der Waals surface area contributed by atoms with E-state index in [1.807, 2.05) is 18.2 Å². The predicted molar refractivity (Wildman–Crippen MR) is 93.6 cm³/mol. The Kier molecular flexibility index (Phi) is 5.06. The molecule has 1 aromatic carbocycles. The quantitative estimate of drug-likeness (QED) is 0.882. The van der Waals surface area contributed by atoms with E-state index in [0.717, 1.165) is 5.56 Å². The van der Waals surface area contributed by atoms with Crippen molar-refractivity contribution in [2.45, 2.75) is 5.92 Å². The highest BCUT2D eigenvalue weighted by Gasteiger charge is 2.41. The van der Waals surface area contributed by atoms with Gasteiger partial charge in [0.2, 0.25) is 5.88 Å². The molecule has 0 spiro atoms. The summed E-state index contributed by atoms with van der Waals surface area (Å²) >= 11 is 0. The van der Waals surface area contributed by atoms with Crippen LogP contribution in [-0.2, 0) is 4.79 Å². The lowest BCUT2D eigenvalue weighted by Gasteiger charge is -2.18. The number of rotatable bonds is 5. The van der Waals surface area contributed by atoms with Crippen molar-refractivity contribution >= 4 is 11.9 Å². The maximum atomic E-state index is 12.8. The van der Waals surface area contributed by atoms with E-state index in [9.17, 15) is 14.7 Å². The predicted octanol–water partition coefficient (Wildman–Crippen LogP) is 2.04. The van der Waals surface area contributed by atoms with Gasteiger partial charge in [0, 0.05) is 36.8 Å². The molecule has 2 heterocycles. The number of carboxylic acid groups (broad SMARTS) is 1. The molecule has 1 aliphatic rings. The van der Waals surface area contributed by atoms with Gasteiger partial charge in [0.25, 0.3) is 5.91 Å². The summed E-state index contributed by atoms with van der Waals surface area (Å²) in [5, 5.41) is 9.65. The van der Waals surface area contributed by atoms with E-state index in [1.54, 1.807) is 30.2 Å². The maximum Gasteiger partial charge on any atom is 0.308 e. The van der Waals surface area contributed by atoms with E-state index in [-0.39, 0.29) is 18.4 Å². The number of methoxy groups -OCH3 is 2. The summed E-state index contributed by atoms with van der Waals surface area (Å²) in [6.07, 6.45) is 1.49. The van der Waals surface area contributed by atoms with E-state index >= 15 is 0 Å². The van der Waals surface area contributed by atoms with Gasteiger partial charge in [-0.15, -0.1) is 0 Å². The summed E-state index contributed by atoms with van der Waals surface area (Å²) in [5.41, 5.74) is 1.21. The number of carbonyl (C=O) groups is 2. The van der Waals surface area contributed by atoms with E-state index in [2.05, 4.69) is 4.98 Å². The van der Waals surface area contributed by atoms with Crippen molar-refractivity contribution in [3.05, 3.63) is 53.7 Å². The highest BCUT2D eigenvalue weighted by atomic mass is 16.5. The van der Waals surface area contributed by atoms with E-state index in [0.29, 0.717) is 23.7 Å². The van der Waals surface area contributed by atoms with Gasteiger partial charge in [-0.3, -0.25) is 9.59 Å². The maximum absolute atomic E-state index is 12.8. The van der Waals surface area contributed by atoms with Crippen LogP contribution in [0.1, 0.15) is 21.8 Å². The standard InChI is InChI=1S/C19H20N2O5/c1-25-16-6-4-3-5-13(16)14-10-21(11-15(14)19(23)24)18(22)12-7-8-20-17(9-12)26-2/h3-9,14-15H,10-11H2,1-2H3,(H,23,24)/t14-,15+/m0/s1. The summed E-state index contributed by atoms with van der Waals surface area (Å²) in [7, 11) is 3.03. The SMILES string of the molecule is COc1cc(C(=O)N2C[C@@H](C(=O)O)[C@H](c3ccccc3OC)C2)ccn1. The Morgan fingerprint density at radius 2 is 1.92 bits per heavy atom. The zero-order chi connectivity index (χ0) is 18.7. The number of carboxylic acids is 1. The highest BCUT2D eigenvalue weighted by Crippen LogP contribution is 2.38. The zero-order valence-corrected chi connectivity index (χ0v) is 14.6. The molecule has 26 heavy (non-hydrogen) atoms. The molecular weight excluding hydrogens is 336 g/mol. The van der Waals surface area contributed by atoms with Gasteiger partial charge in [-0.05, 0) is 17.7 Å². The number of amides is 1. The van der Waals surface area contributed by atoms with Crippen molar-refractivity contribution in [2.24, 2.45) is 5.92 Å². The number of carbonyl (C=O) groups excluding carboxylic acids is 1. The monoisotopic (exact) mass is 356 g/mol. The molecule has 2 atom stereocenters. The minimum atomic E-state index is -0.927. The Morgan fingerprint density at radius 3 is 2.62 bits per heavy atom. The fourth-order valence-electron chi connectivity index (χ4n) is 3.34. The number of benzene rings is 1. The number of nitrogens with zero attached hydrogens (tertiary/aromatic N) is 2. The van der Waals surface area contributed by atoms with Crippen LogP contribution in [-0.4, -0.2) is 54.2 Å². The third-order valence-corrected chi connectivity index (χ3v) is 4.65. The lowest BCUT2D eigenvalue weighted by atomic mass is 9.88. The number of aliphatic carboxylic acids is 1. The minimum Gasteiger partial charge on any atom is -0.496 e. The van der Waals surface area contributed by atoms with Crippen LogP contribution in [0.15, 0.2) is 42.6 Å². The first-order valence-electron chi connectivity index (χ1n) is 8.20. The van der Waals surface area contributed by atoms with Gasteiger partial charge in [-0.1, -0.05) is 18.2 Å². The summed E-state index contributed by atoms with van der Waals surface area (Å²) in [5.74, 6) is -1.23. The third-order valence-electron chi connectivity index (χ3n) is 4.65. The molecule has 0 saturated carbocycles. The van der Waals surface area contributed by atoms with E-state index in [4.69, 9.17) is 9.47 Å². The molecule has 0 unspecified atom stereocenters. The Bertz CT molecular complexity index is 823. The molecule has 3 rings (SSSR count). The van der Waals surface area contributed by atoms with Gasteiger partial charge in [0.15, 0.2) is 0 Å². The van der Waals surface area contributed by atoms with Crippen LogP contribution in [0.3, 0.4) is 0 Å². The van der Waals surface area contributed by atoms with Gasteiger partial charge in [0.1, 0.15) is 5.75 Å². The van der Waals surface area contributed by atoms with Crippen LogP contribution in [0, 0.1) is 5.92 Å². The average Bonchev–Trinajstić information content (AvgIpc) is 3.13. The lowest BCUT2D eigenvalue weighted by molar-refractivity contribution is -0.141. The second kappa shape index (κ2) is 7.43. The van der Waals surface area contributed by atoms with Crippen molar-refractivity contribution in [3.63, 3.8) is 0 Å². The number of ether oxygens (including phenoxy) is 2. The van der Waals surface area contributed by atoms with E-state index < -0.39 is 11.9 Å². The lowest BCUT2D eigenvalue weighted by Crippen LogP contribution is -2.29. The van der Waals surface area contributed by atoms with Crippen LogP contribution >= 0.6 is 0 Å². The Labute approximate surface area is 151 Å². The number of likely N-dealkylation sites (tertiary alicyclic amines) is 1. The number of aromatic nitrogens is 1. The first-order chi connectivity index (χ1) is 12.5. The van der Waals surface area contributed by atoms with Gasteiger partial charge >= 0.3 is 5.97 Å². The molecule has 1 aromatic heterocycles. The van der Waals surface area contributed by atoms with Crippen LogP contribution in [0.4, 0.5) is 0 Å². The molecule has 1 amide bonds. The van der Waals surface area contributed by atoms with Crippen molar-refractivity contribution in [1.82, 2.24) is 9.88 Å². The van der Waals surface area contributed by atoms with Crippen LogP contribution in [0.5, 0.6) is 11.6 Å². The molecular formula is C19H20N2O5. The molecule has 0 aliphatic carbocycles. The normalized spacial score (nSPS) is 19.2.